The fraction of sp³-hybridized carbons (Fsp3) is 0.533. The number of para-hydroxylation sites is 1. The number of hydrogen-bond donors (Lipinski definition) is 1. The van der Waals surface area contributed by atoms with E-state index in [-0.39, 0.29) is 49.5 Å². The van der Waals surface area contributed by atoms with Gasteiger partial charge in [0.1, 0.15) is 0 Å². The molecule has 1 amide bonds. The zero-order chi connectivity index (χ0) is 17.9. The lowest BCUT2D eigenvalue weighted by atomic mass is 9.90. The number of carbonyl (C=O) groups is 1. The number of nitro benzene ring substituents is 1. The highest BCUT2D eigenvalue weighted by atomic mass is 19.4. The Labute approximate surface area is 136 Å². The van der Waals surface area contributed by atoms with Crippen molar-refractivity contribution in [3.05, 3.63) is 39.9 Å². The Morgan fingerprint density at radius 3 is 2.46 bits per heavy atom. The van der Waals surface area contributed by atoms with Crippen molar-refractivity contribution < 1.29 is 28.0 Å². The van der Waals surface area contributed by atoms with Crippen LogP contribution in [0, 0.1) is 16.0 Å². The number of carbonyl (C=O) groups excluding carboxylic acids is 1. The van der Waals surface area contributed by atoms with Crippen molar-refractivity contribution in [2.24, 2.45) is 5.92 Å². The van der Waals surface area contributed by atoms with Crippen LogP contribution in [0.1, 0.15) is 18.4 Å². The number of halogens is 3. The van der Waals surface area contributed by atoms with Crippen LogP contribution in [-0.2, 0) is 11.2 Å². The number of alkyl halides is 3. The third kappa shape index (κ3) is 4.22. The number of nitro groups is 1. The van der Waals surface area contributed by atoms with E-state index < -0.39 is 23.1 Å². The van der Waals surface area contributed by atoms with Crippen LogP contribution >= 0.6 is 0 Å². The maximum atomic E-state index is 12.5. The number of likely N-dealkylation sites (tertiary alicyclic amines) is 1. The molecule has 1 aromatic rings. The van der Waals surface area contributed by atoms with Crippen LogP contribution in [0.15, 0.2) is 24.3 Å². The van der Waals surface area contributed by atoms with Crippen molar-refractivity contribution in [2.45, 2.75) is 31.5 Å². The van der Waals surface area contributed by atoms with Crippen molar-refractivity contribution in [3.8, 4) is 0 Å². The molecule has 1 aliphatic heterocycles. The van der Waals surface area contributed by atoms with Gasteiger partial charge in [0, 0.05) is 24.7 Å². The van der Waals surface area contributed by atoms with E-state index >= 15 is 0 Å². The average molecular weight is 346 g/mol. The molecule has 1 heterocycles. The second-order valence-electron chi connectivity index (χ2n) is 5.77. The molecule has 1 unspecified atom stereocenters. The van der Waals surface area contributed by atoms with Crippen LogP contribution in [0.2, 0.25) is 0 Å². The molecule has 0 aromatic heterocycles. The van der Waals surface area contributed by atoms with E-state index in [0.29, 0.717) is 0 Å². The smallest absolute Gasteiger partial charge is 0.383 e. The third-order valence-corrected chi connectivity index (χ3v) is 4.20. The predicted molar refractivity (Wildman–Crippen MR) is 78.2 cm³/mol. The Morgan fingerprint density at radius 1 is 1.33 bits per heavy atom. The van der Waals surface area contributed by atoms with Crippen molar-refractivity contribution in [1.29, 1.82) is 0 Å². The first-order chi connectivity index (χ1) is 11.2. The highest BCUT2D eigenvalue weighted by Gasteiger charge is 2.44. The summed E-state index contributed by atoms with van der Waals surface area (Å²) in [6, 6.07) is 5.86. The van der Waals surface area contributed by atoms with Crippen molar-refractivity contribution in [2.75, 3.05) is 13.1 Å². The van der Waals surface area contributed by atoms with Gasteiger partial charge in [0.2, 0.25) is 5.91 Å². The molecule has 2 rings (SSSR count). The summed E-state index contributed by atoms with van der Waals surface area (Å²) in [4.78, 5) is 24.0. The summed E-state index contributed by atoms with van der Waals surface area (Å²) in [6.07, 6.45) is -7.14. The van der Waals surface area contributed by atoms with Crippen molar-refractivity contribution >= 4 is 11.6 Å². The van der Waals surface area contributed by atoms with Crippen molar-refractivity contribution in [1.82, 2.24) is 4.90 Å². The van der Waals surface area contributed by atoms with Gasteiger partial charge in [0.15, 0.2) is 6.10 Å². The summed E-state index contributed by atoms with van der Waals surface area (Å²) in [5.41, 5.74) is 0.109. The molecule has 0 saturated carbocycles. The van der Waals surface area contributed by atoms with E-state index in [1.807, 2.05) is 0 Å². The van der Waals surface area contributed by atoms with E-state index in [1.165, 1.54) is 23.1 Å². The number of aliphatic hydroxyl groups is 1. The molecule has 1 saturated heterocycles. The van der Waals surface area contributed by atoms with Gasteiger partial charge < -0.3 is 10.0 Å². The number of hydrogen-bond acceptors (Lipinski definition) is 4. The van der Waals surface area contributed by atoms with Gasteiger partial charge in [0.25, 0.3) is 5.69 Å². The standard InChI is InChI=1S/C15H17F3N2O4/c16-15(17,18)14(22)10-5-7-19(8-6-10)13(21)9-11-3-1-2-4-12(11)20(23)24/h1-4,10,14,22H,5-9H2. The monoisotopic (exact) mass is 346 g/mol. The summed E-state index contributed by atoms with van der Waals surface area (Å²) in [7, 11) is 0. The van der Waals surface area contributed by atoms with Gasteiger partial charge in [-0.15, -0.1) is 0 Å². The number of piperidine rings is 1. The molecule has 132 valence electrons. The Bertz CT molecular complexity index is 613. The SMILES string of the molecule is O=C(Cc1ccccc1[N+](=O)[O-])N1CCC(C(O)C(F)(F)F)CC1. The van der Waals surface area contributed by atoms with E-state index in [1.54, 1.807) is 6.07 Å². The molecule has 6 nitrogen and oxygen atoms in total. The minimum atomic E-state index is -4.67. The van der Waals surface area contributed by atoms with Gasteiger partial charge in [-0.1, -0.05) is 18.2 Å². The average Bonchev–Trinajstić information content (AvgIpc) is 2.53. The highest BCUT2D eigenvalue weighted by molar-refractivity contribution is 5.80. The molecule has 1 aromatic carbocycles. The van der Waals surface area contributed by atoms with E-state index in [4.69, 9.17) is 0 Å². The molecular weight excluding hydrogens is 329 g/mol. The summed E-state index contributed by atoms with van der Waals surface area (Å²) in [5.74, 6) is -1.30. The van der Waals surface area contributed by atoms with E-state index in [0.717, 1.165) is 0 Å². The molecule has 24 heavy (non-hydrogen) atoms. The first kappa shape index (κ1) is 18.2. The quantitative estimate of drug-likeness (QED) is 0.670. The highest BCUT2D eigenvalue weighted by Crippen LogP contribution is 2.31. The lowest BCUT2D eigenvalue weighted by Gasteiger charge is -2.34. The third-order valence-electron chi connectivity index (χ3n) is 4.20. The minimum absolute atomic E-state index is 0.0449. The summed E-state index contributed by atoms with van der Waals surface area (Å²) in [6.45, 7) is 0.189. The largest absolute Gasteiger partial charge is 0.414 e. The molecule has 0 aliphatic carbocycles. The zero-order valence-electron chi connectivity index (χ0n) is 12.7. The normalized spacial score (nSPS) is 17.6. The van der Waals surface area contributed by atoms with Gasteiger partial charge in [-0.2, -0.15) is 13.2 Å². The Morgan fingerprint density at radius 2 is 1.92 bits per heavy atom. The molecule has 1 N–H and O–H groups in total. The van der Waals surface area contributed by atoms with Crippen molar-refractivity contribution in [3.63, 3.8) is 0 Å². The second-order valence-corrected chi connectivity index (χ2v) is 5.77. The Kier molecular flexibility index (Phi) is 5.43. The number of aliphatic hydroxyl groups excluding tert-OH is 1. The fourth-order valence-corrected chi connectivity index (χ4v) is 2.85. The molecule has 1 fully saturated rings. The molecule has 0 spiro atoms. The Balaban J connectivity index is 1.96. The molecule has 1 aliphatic rings. The van der Waals surface area contributed by atoms with Gasteiger partial charge in [-0.05, 0) is 18.8 Å². The number of amides is 1. The Hall–Kier alpha value is -2.16. The summed E-state index contributed by atoms with van der Waals surface area (Å²) >= 11 is 0. The second kappa shape index (κ2) is 7.16. The van der Waals surface area contributed by atoms with E-state index in [9.17, 15) is 33.2 Å². The topological polar surface area (TPSA) is 83.7 Å². The maximum Gasteiger partial charge on any atom is 0.414 e. The molecule has 0 bridgehead atoms. The number of rotatable bonds is 4. The van der Waals surface area contributed by atoms with Crippen LogP contribution in [0.4, 0.5) is 18.9 Å². The zero-order valence-corrected chi connectivity index (χ0v) is 12.7. The van der Waals surface area contributed by atoms with Gasteiger partial charge in [-0.25, -0.2) is 0 Å². The van der Waals surface area contributed by atoms with Gasteiger partial charge in [-0.3, -0.25) is 14.9 Å². The fourth-order valence-electron chi connectivity index (χ4n) is 2.85. The van der Waals surface area contributed by atoms with Crippen LogP contribution in [0.25, 0.3) is 0 Å². The van der Waals surface area contributed by atoms with Gasteiger partial charge >= 0.3 is 6.18 Å². The van der Waals surface area contributed by atoms with Gasteiger partial charge in [0.05, 0.1) is 11.3 Å². The first-order valence-corrected chi connectivity index (χ1v) is 7.45. The molecule has 1 atom stereocenters. The number of nitrogens with zero attached hydrogens (tertiary/aromatic N) is 2. The van der Waals surface area contributed by atoms with Crippen LogP contribution in [0.5, 0.6) is 0 Å². The first-order valence-electron chi connectivity index (χ1n) is 7.45. The minimum Gasteiger partial charge on any atom is -0.383 e. The lowest BCUT2D eigenvalue weighted by molar-refractivity contribution is -0.385. The summed E-state index contributed by atoms with van der Waals surface area (Å²) < 4.78 is 37.5. The lowest BCUT2D eigenvalue weighted by Crippen LogP contribution is -2.45. The van der Waals surface area contributed by atoms with Crippen LogP contribution < -0.4 is 0 Å². The molecule has 0 radical (unpaired) electrons. The molecule has 9 heteroatoms. The van der Waals surface area contributed by atoms with Crippen LogP contribution in [-0.4, -0.2) is 46.2 Å². The number of benzene rings is 1. The maximum absolute atomic E-state index is 12.5. The predicted octanol–water partition coefficient (Wildman–Crippen LogP) is 2.30. The summed E-state index contributed by atoms with van der Waals surface area (Å²) in [5, 5.41) is 20.2. The van der Waals surface area contributed by atoms with E-state index in [2.05, 4.69) is 0 Å². The van der Waals surface area contributed by atoms with Crippen LogP contribution in [0.3, 0.4) is 0 Å². The molecular formula is C15H17F3N2O4.